The zero-order chi connectivity index (χ0) is 14.8. The first kappa shape index (κ1) is 14.4. The smallest absolute Gasteiger partial charge is 0.339 e. The third-order valence-electron chi connectivity index (χ3n) is 3.07. The van der Waals surface area contributed by atoms with Crippen LogP contribution in [0.4, 0.5) is 18.9 Å². The molecule has 0 bridgehead atoms. The highest BCUT2D eigenvalue weighted by molar-refractivity contribution is 5.98. The van der Waals surface area contributed by atoms with Gasteiger partial charge in [-0.15, -0.1) is 0 Å². The van der Waals surface area contributed by atoms with Gasteiger partial charge in [-0.25, -0.2) is 0 Å². The van der Waals surface area contributed by atoms with Crippen molar-refractivity contribution in [3.05, 3.63) is 29.8 Å². The topological polar surface area (TPSA) is 49.4 Å². The maximum atomic E-state index is 12.0. The van der Waals surface area contributed by atoms with E-state index in [1.165, 1.54) is 4.90 Å². The minimum absolute atomic E-state index is 0.442. The predicted octanol–water partition coefficient (Wildman–Crippen LogP) is 1.64. The van der Waals surface area contributed by atoms with Gasteiger partial charge in [0.1, 0.15) is 0 Å². The molecular formula is C13H13F3N2O2. The molecule has 2 rings (SSSR count). The van der Waals surface area contributed by atoms with Gasteiger partial charge < -0.3 is 10.2 Å². The quantitative estimate of drug-likeness (QED) is 0.898. The Morgan fingerprint density at radius 2 is 1.95 bits per heavy atom. The number of hydrogen-bond donors (Lipinski definition) is 1. The minimum atomic E-state index is -4.97. The van der Waals surface area contributed by atoms with E-state index in [1.807, 2.05) is 12.1 Å². The van der Waals surface area contributed by atoms with E-state index in [4.69, 9.17) is 0 Å². The van der Waals surface area contributed by atoms with Crippen molar-refractivity contribution in [3.8, 4) is 0 Å². The lowest BCUT2D eigenvalue weighted by Crippen LogP contribution is -2.45. The molecular weight excluding hydrogens is 273 g/mol. The average Bonchev–Trinajstić information content (AvgIpc) is 2.42. The van der Waals surface area contributed by atoms with Crippen LogP contribution >= 0.6 is 0 Å². The van der Waals surface area contributed by atoms with Crippen molar-refractivity contribution in [2.24, 2.45) is 0 Å². The van der Waals surface area contributed by atoms with E-state index in [0.717, 1.165) is 18.4 Å². The van der Waals surface area contributed by atoms with Crippen molar-refractivity contribution < 1.29 is 22.8 Å². The Kier molecular flexibility index (Phi) is 3.96. The zero-order valence-corrected chi connectivity index (χ0v) is 10.5. The maximum absolute atomic E-state index is 12.0. The first-order valence-corrected chi connectivity index (χ1v) is 6.13. The fourth-order valence-corrected chi connectivity index (χ4v) is 2.14. The molecule has 0 radical (unpaired) electrons. The van der Waals surface area contributed by atoms with Gasteiger partial charge in [0.05, 0.1) is 6.54 Å². The number of benzene rings is 1. The van der Waals surface area contributed by atoms with Gasteiger partial charge in [0.25, 0.3) is 0 Å². The molecule has 108 valence electrons. The Morgan fingerprint density at radius 3 is 2.65 bits per heavy atom. The lowest BCUT2D eigenvalue weighted by atomic mass is 10.0. The summed E-state index contributed by atoms with van der Waals surface area (Å²) >= 11 is 0. The lowest BCUT2D eigenvalue weighted by molar-refractivity contribution is -0.173. The van der Waals surface area contributed by atoms with Gasteiger partial charge in [-0.3, -0.25) is 9.59 Å². The number of alkyl halides is 3. The van der Waals surface area contributed by atoms with Crippen LogP contribution in [0.2, 0.25) is 0 Å². The van der Waals surface area contributed by atoms with E-state index in [0.29, 0.717) is 12.2 Å². The molecule has 0 saturated heterocycles. The molecule has 20 heavy (non-hydrogen) atoms. The maximum Gasteiger partial charge on any atom is 0.471 e. The van der Waals surface area contributed by atoms with Crippen LogP contribution in [0.1, 0.15) is 12.0 Å². The highest BCUT2D eigenvalue weighted by Crippen LogP contribution is 2.26. The lowest BCUT2D eigenvalue weighted by Gasteiger charge is -2.29. The highest BCUT2D eigenvalue weighted by Gasteiger charge is 2.38. The number of carbonyl (C=O) groups is 2. The molecule has 1 heterocycles. The third kappa shape index (κ3) is 3.09. The SMILES string of the molecule is O=C(CNC(=O)C(F)(F)F)N1CCCc2ccccc21. The molecule has 1 aliphatic heterocycles. The monoisotopic (exact) mass is 286 g/mol. The standard InChI is InChI=1S/C13H13F3N2O2/c14-13(15,16)12(20)17-8-11(19)18-7-3-5-9-4-1-2-6-10(9)18/h1-2,4,6H,3,5,7-8H2,(H,17,20). The second-order valence-corrected chi connectivity index (χ2v) is 4.46. The van der Waals surface area contributed by atoms with Crippen molar-refractivity contribution in [1.29, 1.82) is 0 Å². The van der Waals surface area contributed by atoms with E-state index < -0.39 is 24.5 Å². The molecule has 4 nitrogen and oxygen atoms in total. The van der Waals surface area contributed by atoms with Gasteiger partial charge in [0.2, 0.25) is 5.91 Å². The first-order valence-electron chi connectivity index (χ1n) is 6.13. The molecule has 0 saturated carbocycles. The summed E-state index contributed by atoms with van der Waals surface area (Å²) in [4.78, 5) is 24.0. The number of rotatable bonds is 2. The molecule has 0 atom stereocenters. The van der Waals surface area contributed by atoms with Crippen molar-refractivity contribution >= 4 is 17.5 Å². The van der Waals surface area contributed by atoms with Crippen LogP contribution in [-0.2, 0) is 16.0 Å². The summed E-state index contributed by atoms with van der Waals surface area (Å²) in [5, 5.41) is 1.60. The van der Waals surface area contributed by atoms with Crippen molar-refractivity contribution in [2.45, 2.75) is 19.0 Å². The van der Waals surface area contributed by atoms with Crippen LogP contribution < -0.4 is 10.2 Å². The largest absolute Gasteiger partial charge is 0.471 e. The van der Waals surface area contributed by atoms with E-state index in [9.17, 15) is 22.8 Å². The third-order valence-corrected chi connectivity index (χ3v) is 3.07. The molecule has 0 unspecified atom stereocenters. The number of hydrogen-bond acceptors (Lipinski definition) is 2. The van der Waals surface area contributed by atoms with Crippen LogP contribution in [0.25, 0.3) is 0 Å². The van der Waals surface area contributed by atoms with E-state index in [2.05, 4.69) is 0 Å². The summed E-state index contributed by atoms with van der Waals surface area (Å²) in [5.41, 5.74) is 1.68. The second-order valence-electron chi connectivity index (χ2n) is 4.46. The first-order chi connectivity index (χ1) is 9.39. The van der Waals surface area contributed by atoms with E-state index in [-0.39, 0.29) is 0 Å². The molecule has 2 amide bonds. The molecule has 0 aliphatic carbocycles. The van der Waals surface area contributed by atoms with Crippen molar-refractivity contribution in [2.75, 3.05) is 18.0 Å². The number of fused-ring (bicyclic) bond motifs is 1. The molecule has 0 fully saturated rings. The molecule has 7 heteroatoms. The van der Waals surface area contributed by atoms with Gasteiger partial charge in [0, 0.05) is 12.2 Å². The number of para-hydroxylation sites is 1. The number of anilines is 1. The number of nitrogens with one attached hydrogen (secondary N) is 1. The van der Waals surface area contributed by atoms with Gasteiger partial charge in [-0.1, -0.05) is 18.2 Å². The fraction of sp³-hybridized carbons (Fsp3) is 0.385. The predicted molar refractivity (Wildman–Crippen MR) is 66.2 cm³/mol. The summed E-state index contributed by atoms with van der Waals surface area (Å²) in [6, 6.07) is 7.23. The summed E-state index contributed by atoms with van der Waals surface area (Å²) in [6.07, 6.45) is -3.40. The van der Waals surface area contributed by atoms with E-state index in [1.54, 1.807) is 17.4 Å². The number of aryl methyl sites for hydroxylation is 1. The van der Waals surface area contributed by atoms with Crippen molar-refractivity contribution in [3.63, 3.8) is 0 Å². The van der Waals surface area contributed by atoms with Crippen LogP contribution in [-0.4, -0.2) is 31.1 Å². The summed E-state index contributed by atoms with van der Waals surface area (Å²) in [7, 11) is 0. The van der Waals surface area contributed by atoms with Gasteiger partial charge >= 0.3 is 12.1 Å². The summed E-state index contributed by atoms with van der Waals surface area (Å²) in [5.74, 6) is -2.65. The Morgan fingerprint density at radius 1 is 1.25 bits per heavy atom. The van der Waals surface area contributed by atoms with Crippen LogP contribution in [0, 0.1) is 0 Å². The number of nitrogens with zero attached hydrogens (tertiary/aromatic N) is 1. The van der Waals surface area contributed by atoms with Gasteiger partial charge in [0.15, 0.2) is 0 Å². The van der Waals surface area contributed by atoms with Crippen LogP contribution in [0.5, 0.6) is 0 Å². The number of carbonyl (C=O) groups excluding carboxylic acids is 2. The number of halogens is 3. The molecule has 0 spiro atoms. The molecule has 1 aliphatic rings. The summed E-state index contributed by atoms with van der Waals surface area (Å²) < 4.78 is 36.1. The second kappa shape index (κ2) is 5.52. The van der Waals surface area contributed by atoms with Gasteiger partial charge in [-0.05, 0) is 24.5 Å². The average molecular weight is 286 g/mol. The minimum Gasteiger partial charge on any atom is -0.339 e. The Bertz CT molecular complexity index is 529. The summed E-state index contributed by atoms with van der Waals surface area (Å²) in [6.45, 7) is -0.218. The Labute approximate surface area is 113 Å². The molecule has 1 aromatic carbocycles. The zero-order valence-electron chi connectivity index (χ0n) is 10.5. The Hall–Kier alpha value is -2.05. The van der Waals surface area contributed by atoms with Crippen molar-refractivity contribution in [1.82, 2.24) is 5.32 Å². The van der Waals surface area contributed by atoms with Gasteiger partial charge in [-0.2, -0.15) is 13.2 Å². The normalized spacial score (nSPS) is 14.7. The number of amides is 2. The molecule has 0 aromatic heterocycles. The molecule has 1 aromatic rings. The fourth-order valence-electron chi connectivity index (χ4n) is 2.14. The van der Waals surface area contributed by atoms with Crippen LogP contribution in [0.15, 0.2) is 24.3 Å². The Balaban J connectivity index is 2.03. The van der Waals surface area contributed by atoms with Crippen LogP contribution in [0.3, 0.4) is 0 Å². The molecule has 1 N–H and O–H groups in total. The van der Waals surface area contributed by atoms with E-state index >= 15 is 0 Å². The highest BCUT2D eigenvalue weighted by atomic mass is 19.4.